The van der Waals surface area contributed by atoms with Crippen LogP contribution in [0.15, 0.2) is 17.1 Å². The first-order valence-electron chi connectivity index (χ1n) is 5.19. The lowest BCUT2D eigenvalue weighted by Gasteiger charge is -2.06. The summed E-state index contributed by atoms with van der Waals surface area (Å²) >= 11 is 1.49. The number of carbonyl (C=O) groups excluding carboxylic acids is 1. The zero-order valence-electron chi connectivity index (χ0n) is 9.38. The zero-order valence-corrected chi connectivity index (χ0v) is 10.2. The van der Waals surface area contributed by atoms with Crippen LogP contribution in [0.5, 0.6) is 0 Å². The highest BCUT2D eigenvalue weighted by Crippen LogP contribution is 2.10. The van der Waals surface area contributed by atoms with Crippen molar-refractivity contribution in [1.29, 1.82) is 0 Å². The predicted molar refractivity (Wildman–Crippen MR) is 65.6 cm³/mol. The molecule has 2 aromatic rings. The number of carbonyl (C=O) groups is 1. The molecule has 0 aromatic carbocycles. The third-order valence-electron chi connectivity index (χ3n) is 2.30. The Kier molecular flexibility index (Phi) is 3.38. The van der Waals surface area contributed by atoms with Crippen LogP contribution in [0.25, 0.3) is 0 Å². The molecule has 0 saturated carbocycles. The number of anilines is 1. The van der Waals surface area contributed by atoms with Gasteiger partial charge in [0.1, 0.15) is 5.69 Å². The molecular weight excluding hydrogens is 238 g/mol. The van der Waals surface area contributed by atoms with E-state index in [2.05, 4.69) is 15.4 Å². The molecule has 0 aliphatic carbocycles. The third kappa shape index (κ3) is 2.44. The Morgan fingerprint density at radius 2 is 2.47 bits per heavy atom. The maximum Gasteiger partial charge on any atom is 0.272 e. The van der Waals surface area contributed by atoms with Crippen molar-refractivity contribution in [3.63, 3.8) is 0 Å². The average molecular weight is 251 g/mol. The Hall–Kier alpha value is -1.89. The number of aromatic nitrogens is 3. The molecule has 2 heterocycles. The normalized spacial score (nSPS) is 10.4. The van der Waals surface area contributed by atoms with Crippen LogP contribution in [-0.4, -0.2) is 20.7 Å². The van der Waals surface area contributed by atoms with E-state index >= 15 is 0 Å². The molecule has 0 spiro atoms. The van der Waals surface area contributed by atoms with Crippen molar-refractivity contribution < 1.29 is 4.79 Å². The Balaban J connectivity index is 2.06. The molecule has 0 atom stereocenters. The molecule has 2 aromatic heterocycles. The summed E-state index contributed by atoms with van der Waals surface area (Å²) in [6.45, 7) is 2.91. The molecule has 3 N–H and O–H groups in total. The summed E-state index contributed by atoms with van der Waals surface area (Å²) in [4.78, 5) is 16.0. The summed E-state index contributed by atoms with van der Waals surface area (Å²) in [6.07, 6.45) is 1.49. The quantitative estimate of drug-likeness (QED) is 0.844. The highest BCUT2D eigenvalue weighted by Gasteiger charge is 2.15. The molecule has 0 unspecified atom stereocenters. The summed E-state index contributed by atoms with van der Waals surface area (Å²) in [6, 6.07) is 0. The molecule has 17 heavy (non-hydrogen) atoms. The maximum absolute atomic E-state index is 11.9. The number of amides is 1. The molecule has 0 aliphatic heterocycles. The standard InChI is InChI=1S/C10H13N5OS/c1-2-15-9(8(11)4-14-15)10(16)12-3-7-5-17-6-13-7/h4-6H,2-3,11H2,1H3,(H,12,16). The van der Waals surface area contributed by atoms with Crippen LogP contribution < -0.4 is 11.1 Å². The van der Waals surface area contributed by atoms with Gasteiger partial charge in [0.15, 0.2) is 0 Å². The lowest BCUT2D eigenvalue weighted by atomic mass is 10.3. The fourth-order valence-electron chi connectivity index (χ4n) is 1.47. The van der Waals surface area contributed by atoms with Gasteiger partial charge >= 0.3 is 0 Å². The van der Waals surface area contributed by atoms with Crippen molar-refractivity contribution in [3.8, 4) is 0 Å². The van der Waals surface area contributed by atoms with E-state index in [9.17, 15) is 4.79 Å². The van der Waals surface area contributed by atoms with Crippen molar-refractivity contribution in [2.75, 3.05) is 5.73 Å². The average Bonchev–Trinajstić information content (AvgIpc) is 2.94. The van der Waals surface area contributed by atoms with Gasteiger partial charge in [0, 0.05) is 11.9 Å². The summed E-state index contributed by atoms with van der Waals surface area (Å²) in [5, 5.41) is 8.67. The second kappa shape index (κ2) is 4.96. The van der Waals surface area contributed by atoms with Crippen molar-refractivity contribution >= 4 is 22.9 Å². The Morgan fingerprint density at radius 1 is 1.65 bits per heavy atom. The van der Waals surface area contributed by atoms with Gasteiger partial charge in [-0.05, 0) is 6.92 Å². The van der Waals surface area contributed by atoms with E-state index in [4.69, 9.17) is 5.73 Å². The van der Waals surface area contributed by atoms with Crippen LogP contribution in [-0.2, 0) is 13.1 Å². The van der Waals surface area contributed by atoms with Gasteiger partial charge < -0.3 is 11.1 Å². The number of hydrogen-bond donors (Lipinski definition) is 2. The van der Waals surface area contributed by atoms with E-state index in [-0.39, 0.29) is 5.91 Å². The first-order valence-corrected chi connectivity index (χ1v) is 6.13. The number of rotatable bonds is 4. The smallest absolute Gasteiger partial charge is 0.272 e. The highest BCUT2D eigenvalue weighted by molar-refractivity contribution is 7.07. The Bertz CT molecular complexity index is 505. The van der Waals surface area contributed by atoms with Crippen LogP contribution >= 0.6 is 11.3 Å². The highest BCUT2D eigenvalue weighted by atomic mass is 32.1. The SMILES string of the molecule is CCn1ncc(N)c1C(=O)NCc1cscn1. The van der Waals surface area contributed by atoms with Gasteiger partial charge in [0.2, 0.25) is 0 Å². The summed E-state index contributed by atoms with van der Waals surface area (Å²) in [5.41, 5.74) is 9.07. The van der Waals surface area contributed by atoms with Gasteiger partial charge in [-0.2, -0.15) is 5.10 Å². The molecule has 90 valence electrons. The number of hydrogen-bond acceptors (Lipinski definition) is 5. The van der Waals surface area contributed by atoms with Gasteiger partial charge in [0.05, 0.1) is 29.6 Å². The number of nitrogens with two attached hydrogens (primary N) is 1. The summed E-state index contributed by atoms with van der Waals surface area (Å²) in [7, 11) is 0. The molecule has 0 radical (unpaired) electrons. The second-order valence-corrected chi connectivity index (χ2v) is 4.15. The molecule has 0 aliphatic rings. The topological polar surface area (TPSA) is 85.8 Å². The van der Waals surface area contributed by atoms with E-state index < -0.39 is 0 Å². The molecule has 1 amide bonds. The van der Waals surface area contributed by atoms with Crippen molar-refractivity contribution in [2.45, 2.75) is 20.0 Å². The monoisotopic (exact) mass is 251 g/mol. The lowest BCUT2D eigenvalue weighted by molar-refractivity contribution is 0.0940. The van der Waals surface area contributed by atoms with Gasteiger partial charge in [-0.1, -0.05) is 0 Å². The number of thiazole rings is 1. The van der Waals surface area contributed by atoms with E-state index in [0.29, 0.717) is 24.5 Å². The third-order valence-corrected chi connectivity index (χ3v) is 2.93. The van der Waals surface area contributed by atoms with Crippen LogP contribution in [0.2, 0.25) is 0 Å². The molecular formula is C10H13N5OS. The number of nitrogen functional groups attached to an aromatic ring is 1. The zero-order chi connectivity index (χ0) is 12.3. The molecule has 0 bridgehead atoms. The Morgan fingerprint density at radius 3 is 3.12 bits per heavy atom. The van der Waals surface area contributed by atoms with E-state index in [1.54, 1.807) is 10.2 Å². The summed E-state index contributed by atoms with van der Waals surface area (Å²) < 4.78 is 1.58. The second-order valence-electron chi connectivity index (χ2n) is 3.43. The van der Waals surface area contributed by atoms with Gasteiger partial charge in [-0.15, -0.1) is 11.3 Å². The minimum absolute atomic E-state index is 0.227. The maximum atomic E-state index is 11.9. The first-order chi connectivity index (χ1) is 8.22. The number of nitrogens with zero attached hydrogens (tertiary/aromatic N) is 3. The molecule has 6 nitrogen and oxygen atoms in total. The molecule has 2 rings (SSSR count). The van der Waals surface area contributed by atoms with Crippen LogP contribution in [0.3, 0.4) is 0 Å². The molecule has 0 saturated heterocycles. The van der Waals surface area contributed by atoms with Crippen molar-refractivity contribution in [3.05, 3.63) is 28.5 Å². The van der Waals surface area contributed by atoms with Crippen molar-refractivity contribution in [1.82, 2.24) is 20.1 Å². The van der Waals surface area contributed by atoms with Gasteiger partial charge in [-0.25, -0.2) is 4.98 Å². The summed E-state index contributed by atoms with van der Waals surface area (Å²) in [5.74, 6) is -0.227. The van der Waals surface area contributed by atoms with Crippen LogP contribution in [0.1, 0.15) is 23.1 Å². The van der Waals surface area contributed by atoms with Crippen LogP contribution in [0.4, 0.5) is 5.69 Å². The first kappa shape index (κ1) is 11.6. The minimum Gasteiger partial charge on any atom is -0.396 e. The minimum atomic E-state index is -0.227. The Labute approximate surface area is 102 Å². The number of nitrogens with one attached hydrogen (secondary N) is 1. The fourth-order valence-corrected chi connectivity index (χ4v) is 2.03. The largest absolute Gasteiger partial charge is 0.396 e. The molecule has 7 heteroatoms. The van der Waals surface area contributed by atoms with Gasteiger partial charge in [0.25, 0.3) is 5.91 Å². The van der Waals surface area contributed by atoms with Crippen molar-refractivity contribution in [2.24, 2.45) is 0 Å². The van der Waals surface area contributed by atoms with Crippen LogP contribution in [0, 0.1) is 0 Å². The van der Waals surface area contributed by atoms with Gasteiger partial charge in [-0.3, -0.25) is 9.48 Å². The molecule has 0 fully saturated rings. The van der Waals surface area contributed by atoms with E-state index in [1.165, 1.54) is 17.5 Å². The van der Waals surface area contributed by atoms with E-state index in [1.807, 2.05) is 12.3 Å². The predicted octanol–water partition coefficient (Wildman–Crippen LogP) is 0.872. The fraction of sp³-hybridized carbons (Fsp3) is 0.300. The lowest BCUT2D eigenvalue weighted by Crippen LogP contribution is -2.26. The van der Waals surface area contributed by atoms with E-state index in [0.717, 1.165) is 5.69 Å². The number of aryl methyl sites for hydroxylation is 1.